The number of ether oxygens (including phenoxy) is 2. The molecule has 3 rings (SSSR count). The highest BCUT2D eigenvalue weighted by molar-refractivity contribution is 5.75. The van der Waals surface area contributed by atoms with E-state index in [1.54, 1.807) is 32.9 Å². The summed E-state index contributed by atoms with van der Waals surface area (Å²) in [5, 5.41) is 2.92. The topological polar surface area (TPSA) is 82.5 Å². The lowest BCUT2D eigenvalue weighted by Gasteiger charge is -2.23. The van der Waals surface area contributed by atoms with E-state index in [1.807, 2.05) is 0 Å². The van der Waals surface area contributed by atoms with Gasteiger partial charge in [0.15, 0.2) is 11.6 Å². The van der Waals surface area contributed by atoms with Crippen molar-refractivity contribution in [3.05, 3.63) is 52.0 Å². The fourth-order valence-electron chi connectivity index (χ4n) is 3.16. The van der Waals surface area contributed by atoms with Gasteiger partial charge in [-0.1, -0.05) is 12.1 Å². The highest BCUT2D eigenvalue weighted by Crippen LogP contribution is 2.26. The molecule has 0 saturated carbocycles. The van der Waals surface area contributed by atoms with Gasteiger partial charge in [0.2, 0.25) is 0 Å². The first-order valence-electron chi connectivity index (χ1n) is 9.10. The Morgan fingerprint density at radius 1 is 1.39 bits per heavy atom. The molecule has 0 bridgehead atoms. The third kappa shape index (κ3) is 4.00. The normalized spacial score (nSPS) is 15.8. The van der Waals surface area contributed by atoms with Gasteiger partial charge in [0.1, 0.15) is 23.2 Å². The smallest absolute Gasteiger partial charge is 0.329 e. The molecule has 2 heterocycles. The van der Waals surface area contributed by atoms with Crippen molar-refractivity contribution < 1.29 is 18.7 Å². The van der Waals surface area contributed by atoms with Gasteiger partial charge < -0.3 is 14.8 Å². The average molecular weight is 389 g/mol. The summed E-state index contributed by atoms with van der Waals surface area (Å²) >= 11 is 0. The molecule has 0 aliphatic carbocycles. The minimum atomic E-state index is -0.704. The number of hydrogen-bond acceptors (Lipinski definition) is 6. The summed E-state index contributed by atoms with van der Waals surface area (Å²) in [6.07, 6.45) is 2.40. The van der Waals surface area contributed by atoms with Crippen molar-refractivity contribution >= 4 is 11.7 Å². The van der Waals surface area contributed by atoms with Gasteiger partial charge in [0, 0.05) is 18.5 Å². The maximum Gasteiger partial charge on any atom is 0.329 e. The Labute approximate surface area is 162 Å². The fourth-order valence-corrected chi connectivity index (χ4v) is 3.16. The Hall–Kier alpha value is -2.90. The van der Waals surface area contributed by atoms with E-state index in [1.165, 1.54) is 23.9 Å². The summed E-state index contributed by atoms with van der Waals surface area (Å²) in [6.45, 7) is 5.42. The summed E-state index contributed by atoms with van der Waals surface area (Å²) < 4.78 is 26.1. The number of esters is 1. The SMILES string of the molecule is COc1cccc(CNc2cnc3n(c2=O)[C@H](C(=O)OC(C)(C)C)CC3)c1F. The van der Waals surface area contributed by atoms with Crippen molar-refractivity contribution in [3.8, 4) is 5.75 Å². The second-order valence-corrected chi connectivity index (χ2v) is 7.64. The fraction of sp³-hybridized carbons (Fsp3) is 0.450. The third-order valence-electron chi connectivity index (χ3n) is 4.43. The minimum absolute atomic E-state index is 0.0798. The number of carbonyl (C=O) groups excluding carboxylic acids is 1. The number of nitrogens with one attached hydrogen (secondary N) is 1. The van der Waals surface area contributed by atoms with Crippen LogP contribution in [0.3, 0.4) is 0 Å². The molecule has 1 N–H and O–H groups in total. The summed E-state index contributed by atoms with van der Waals surface area (Å²) in [4.78, 5) is 29.7. The van der Waals surface area contributed by atoms with Gasteiger partial charge in [0.25, 0.3) is 5.56 Å². The average Bonchev–Trinajstić information content (AvgIpc) is 3.06. The van der Waals surface area contributed by atoms with Gasteiger partial charge >= 0.3 is 5.97 Å². The zero-order valence-electron chi connectivity index (χ0n) is 16.4. The van der Waals surface area contributed by atoms with Crippen LogP contribution < -0.4 is 15.6 Å². The Morgan fingerprint density at radius 3 is 2.82 bits per heavy atom. The molecule has 0 saturated heterocycles. The number of methoxy groups -OCH3 is 1. The zero-order valence-corrected chi connectivity index (χ0v) is 16.4. The van der Waals surface area contributed by atoms with E-state index in [2.05, 4.69) is 10.3 Å². The molecule has 0 spiro atoms. The molecule has 7 nitrogen and oxygen atoms in total. The predicted octanol–water partition coefficient (Wildman–Crippen LogP) is 2.83. The van der Waals surface area contributed by atoms with Crippen molar-refractivity contribution in [3.63, 3.8) is 0 Å². The Kier molecular flexibility index (Phi) is 5.40. The number of aryl methyl sites for hydroxylation is 1. The molecule has 1 aliphatic rings. The number of hydrogen-bond donors (Lipinski definition) is 1. The molecule has 1 aromatic carbocycles. The number of fused-ring (bicyclic) bond motifs is 1. The number of rotatable bonds is 5. The number of halogens is 1. The second-order valence-electron chi connectivity index (χ2n) is 7.64. The van der Waals surface area contributed by atoms with Crippen molar-refractivity contribution in [2.75, 3.05) is 12.4 Å². The third-order valence-corrected chi connectivity index (χ3v) is 4.43. The number of benzene rings is 1. The summed E-state index contributed by atoms with van der Waals surface area (Å²) in [5.74, 6) is -0.267. The van der Waals surface area contributed by atoms with Crippen LogP contribution >= 0.6 is 0 Å². The summed E-state index contributed by atoms with van der Waals surface area (Å²) in [5.41, 5.74) is -0.465. The van der Waals surface area contributed by atoms with Gasteiger partial charge in [-0.25, -0.2) is 14.2 Å². The van der Waals surface area contributed by atoms with Gasteiger partial charge in [0.05, 0.1) is 13.3 Å². The van der Waals surface area contributed by atoms with E-state index in [0.717, 1.165) is 0 Å². The van der Waals surface area contributed by atoms with Crippen LogP contribution in [0.5, 0.6) is 5.75 Å². The number of nitrogens with zero attached hydrogens (tertiary/aromatic N) is 2. The molecule has 28 heavy (non-hydrogen) atoms. The highest BCUT2D eigenvalue weighted by atomic mass is 19.1. The molecule has 0 radical (unpaired) electrons. The lowest BCUT2D eigenvalue weighted by molar-refractivity contribution is -0.158. The number of carbonyl (C=O) groups is 1. The van der Waals surface area contributed by atoms with Crippen LogP contribution in [-0.4, -0.2) is 28.2 Å². The minimum Gasteiger partial charge on any atom is -0.494 e. The molecule has 1 atom stereocenters. The molecular weight excluding hydrogens is 365 g/mol. The highest BCUT2D eigenvalue weighted by Gasteiger charge is 2.34. The van der Waals surface area contributed by atoms with Crippen molar-refractivity contribution in [2.24, 2.45) is 0 Å². The Bertz CT molecular complexity index is 949. The maximum absolute atomic E-state index is 14.3. The first-order chi connectivity index (χ1) is 13.2. The Balaban J connectivity index is 1.83. The summed E-state index contributed by atoms with van der Waals surface area (Å²) in [7, 11) is 1.39. The quantitative estimate of drug-likeness (QED) is 0.792. The van der Waals surface area contributed by atoms with E-state index in [0.29, 0.717) is 24.2 Å². The van der Waals surface area contributed by atoms with Crippen LogP contribution in [0.2, 0.25) is 0 Å². The lowest BCUT2D eigenvalue weighted by Crippen LogP contribution is -2.34. The van der Waals surface area contributed by atoms with Crippen molar-refractivity contribution in [2.45, 2.75) is 51.8 Å². The van der Waals surface area contributed by atoms with Gasteiger partial charge in [-0.05, 0) is 33.3 Å². The van der Waals surface area contributed by atoms with Gasteiger partial charge in [-0.3, -0.25) is 9.36 Å². The largest absolute Gasteiger partial charge is 0.494 e. The standard InChI is InChI=1S/C20H24FN3O4/c1-20(2,3)28-19(26)14-8-9-16-23-11-13(18(25)24(14)16)22-10-12-6-5-7-15(27-4)17(12)21/h5-7,11,14,22H,8-10H2,1-4H3/t14-/m0/s1. The van der Waals surface area contributed by atoms with E-state index in [-0.39, 0.29) is 23.5 Å². The van der Waals surface area contributed by atoms with E-state index in [9.17, 15) is 14.0 Å². The van der Waals surface area contributed by atoms with Crippen LogP contribution in [0.4, 0.5) is 10.1 Å². The first-order valence-corrected chi connectivity index (χ1v) is 9.10. The van der Waals surface area contributed by atoms with Gasteiger partial charge in [-0.15, -0.1) is 0 Å². The second kappa shape index (κ2) is 7.61. The molecule has 0 amide bonds. The Morgan fingerprint density at radius 2 is 2.14 bits per heavy atom. The van der Waals surface area contributed by atoms with Crippen LogP contribution in [0, 0.1) is 5.82 Å². The molecule has 1 aliphatic heterocycles. The maximum atomic E-state index is 14.3. The molecule has 0 fully saturated rings. The van der Waals surface area contributed by atoms with Crippen molar-refractivity contribution in [1.29, 1.82) is 0 Å². The van der Waals surface area contributed by atoms with E-state index in [4.69, 9.17) is 9.47 Å². The molecule has 150 valence electrons. The van der Waals surface area contributed by atoms with Crippen LogP contribution in [0.25, 0.3) is 0 Å². The molecule has 8 heteroatoms. The van der Waals surface area contributed by atoms with Crippen LogP contribution in [0.15, 0.2) is 29.2 Å². The lowest BCUT2D eigenvalue weighted by atomic mass is 10.1. The molecular formula is C20H24FN3O4. The number of anilines is 1. The van der Waals surface area contributed by atoms with E-state index < -0.39 is 23.4 Å². The first kappa shape index (κ1) is 19.9. The van der Waals surface area contributed by atoms with E-state index >= 15 is 0 Å². The van der Waals surface area contributed by atoms with Gasteiger partial charge in [-0.2, -0.15) is 0 Å². The van der Waals surface area contributed by atoms with Crippen LogP contribution in [-0.2, 0) is 22.5 Å². The van der Waals surface area contributed by atoms with Crippen molar-refractivity contribution in [1.82, 2.24) is 9.55 Å². The predicted molar refractivity (Wildman–Crippen MR) is 102 cm³/mol. The number of aromatic nitrogens is 2. The van der Waals surface area contributed by atoms with Crippen LogP contribution in [0.1, 0.15) is 44.6 Å². The zero-order chi connectivity index (χ0) is 20.5. The molecule has 1 aromatic heterocycles. The molecule has 0 unspecified atom stereocenters. The molecule has 2 aromatic rings. The monoisotopic (exact) mass is 389 g/mol. The summed E-state index contributed by atoms with van der Waals surface area (Å²) in [6, 6.07) is 4.10.